The third-order valence-electron chi connectivity index (χ3n) is 5.80. The summed E-state index contributed by atoms with van der Waals surface area (Å²) in [7, 11) is 1.58. The molecule has 3 amide bonds. The topological polar surface area (TPSA) is 65.6 Å². The zero-order valence-electron chi connectivity index (χ0n) is 15.2. The zero-order chi connectivity index (χ0) is 18.8. The number of fused-ring (bicyclic) bond motifs is 5. The summed E-state index contributed by atoms with van der Waals surface area (Å²) in [6, 6.07) is 14.7. The number of benzene rings is 2. The Labute approximate surface area is 156 Å². The molecule has 1 N–H and O–H groups in total. The van der Waals surface area contributed by atoms with Gasteiger partial charge in [0.15, 0.2) is 5.54 Å². The minimum atomic E-state index is -1.02. The number of H-pyrrole nitrogens is 1. The maximum absolute atomic E-state index is 13.5. The van der Waals surface area contributed by atoms with Crippen LogP contribution in [0.15, 0.2) is 48.5 Å². The van der Waals surface area contributed by atoms with Crippen molar-refractivity contribution < 1.29 is 14.3 Å². The maximum Gasteiger partial charge on any atom is 0.332 e. The van der Waals surface area contributed by atoms with E-state index >= 15 is 0 Å². The normalized spacial score (nSPS) is 21.6. The van der Waals surface area contributed by atoms with Crippen molar-refractivity contribution in [3.63, 3.8) is 0 Å². The van der Waals surface area contributed by atoms with Crippen LogP contribution in [0.4, 0.5) is 10.5 Å². The number of carbonyl (C=O) groups excluding carboxylic acids is 2. The summed E-state index contributed by atoms with van der Waals surface area (Å²) >= 11 is 0. The van der Waals surface area contributed by atoms with Crippen LogP contribution in [0.2, 0.25) is 0 Å². The highest BCUT2D eigenvalue weighted by atomic mass is 16.5. The largest absolute Gasteiger partial charge is 0.497 e. The molecule has 1 saturated heterocycles. The minimum Gasteiger partial charge on any atom is -0.497 e. The first-order valence-corrected chi connectivity index (χ1v) is 8.96. The third-order valence-corrected chi connectivity index (χ3v) is 5.80. The number of carbonyl (C=O) groups is 2. The Balaban J connectivity index is 1.65. The number of aromatic nitrogens is 1. The molecule has 5 rings (SSSR count). The van der Waals surface area contributed by atoms with Crippen molar-refractivity contribution in [3.05, 3.63) is 59.8 Å². The molecular weight excluding hydrogens is 342 g/mol. The molecule has 1 unspecified atom stereocenters. The first-order chi connectivity index (χ1) is 13.1. The van der Waals surface area contributed by atoms with Crippen molar-refractivity contribution in [2.24, 2.45) is 0 Å². The van der Waals surface area contributed by atoms with Crippen LogP contribution in [-0.4, -0.2) is 35.5 Å². The number of nitrogens with zero attached hydrogens (tertiary/aromatic N) is 2. The SMILES string of the molecule is COc1ccc(N2C(=O)N3CCc4c([nH]c5ccccc45)C3(C)C2=O)cc1. The van der Waals surface area contributed by atoms with E-state index in [0.29, 0.717) is 18.0 Å². The van der Waals surface area contributed by atoms with Crippen molar-refractivity contribution >= 4 is 28.5 Å². The van der Waals surface area contributed by atoms with Gasteiger partial charge in [-0.05, 0) is 49.2 Å². The summed E-state index contributed by atoms with van der Waals surface area (Å²) < 4.78 is 5.18. The average Bonchev–Trinajstić information content (AvgIpc) is 3.17. The quantitative estimate of drug-likeness (QED) is 0.712. The average molecular weight is 361 g/mol. The number of ether oxygens (including phenoxy) is 1. The van der Waals surface area contributed by atoms with Crippen LogP contribution >= 0.6 is 0 Å². The summed E-state index contributed by atoms with van der Waals surface area (Å²) in [4.78, 5) is 33.0. The second-order valence-electron chi connectivity index (χ2n) is 7.12. The summed E-state index contributed by atoms with van der Waals surface area (Å²) in [5.41, 5.74) is 2.48. The third kappa shape index (κ3) is 1.95. The van der Waals surface area contributed by atoms with E-state index in [1.807, 2.05) is 25.1 Å². The van der Waals surface area contributed by atoms with E-state index in [4.69, 9.17) is 4.74 Å². The van der Waals surface area contributed by atoms with Gasteiger partial charge in [-0.2, -0.15) is 0 Å². The lowest BCUT2D eigenvalue weighted by Crippen LogP contribution is -2.49. The highest BCUT2D eigenvalue weighted by Crippen LogP contribution is 2.45. The van der Waals surface area contributed by atoms with Crippen molar-refractivity contribution in [1.82, 2.24) is 9.88 Å². The Morgan fingerprint density at radius 1 is 1.07 bits per heavy atom. The van der Waals surface area contributed by atoms with Crippen LogP contribution in [0.5, 0.6) is 5.75 Å². The van der Waals surface area contributed by atoms with Gasteiger partial charge in [-0.25, -0.2) is 9.69 Å². The molecule has 0 bridgehead atoms. The van der Waals surface area contributed by atoms with Gasteiger partial charge in [0.2, 0.25) is 0 Å². The van der Waals surface area contributed by atoms with Crippen LogP contribution in [-0.2, 0) is 16.8 Å². The van der Waals surface area contributed by atoms with Crippen LogP contribution in [0.25, 0.3) is 10.9 Å². The van der Waals surface area contributed by atoms with E-state index in [1.54, 1.807) is 36.3 Å². The molecule has 3 heterocycles. The molecular formula is C21H19N3O3. The first kappa shape index (κ1) is 15.9. The van der Waals surface area contributed by atoms with Gasteiger partial charge in [-0.3, -0.25) is 4.79 Å². The van der Waals surface area contributed by atoms with Crippen LogP contribution in [0.1, 0.15) is 18.2 Å². The zero-order valence-corrected chi connectivity index (χ0v) is 15.2. The molecule has 2 aliphatic heterocycles. The highest BCUT2D eigenvalue weighted by Gasteiger charge is 2.58. The number of amides is 3. The summed E-state index contributed by atoms with van der Waals surface area (Å²) in [6.07, 6.45) is 0.727. The fourth-order valence-corrected chi connectivity index (χ4v) is 4.35. The number of urea groups is 1. The predicted molar refractivity (Wildman–Crippen MR) is 102 cm³/mol. The van der Waals surface area contributed by atoms with Gasteiger partial charge in [-0.1, -0.05) is 18.2 Å². The number of aromatic amines is 1. The fourth-order valence-electron chi connectivity index (χ4n) is 4.35. The summed E-state index contributed by atoms with van der Waals surface area (Å²) in [6.45, 7) is 2.35. The van der Waals surface area contributed by atoms with Gasteiger partial charge in [0.05, 0.1) is 18.5 Å². The standard InChI is InChI=1S/C21H19N3O3/c1-21-18-16(15-5-3-4-6-17(15)22-18)11-12-23(21)20(26)24(19(21)25)13-7-9-14(27-2)10-8-13/h3-10,22H,11-12H2,1-2H3. The molecule has 136 valence electrons. The van der Waals surface area contributed by atoms with Gasteiger partial charge < -0.3 is 14.6 Å². The number of hydrogen-bond donors (Lipinski definition) is 1. The molecule has 0 radical (unpaired) electrons. The van der Waals surface area contributed by atoms with Crippen LogP contribution in [0.3, 0.4) is 0 Å². The van der Waals surface area contributed by atoms with E-state index in [0.717, 1.165) is 28.6 Å². The van der Waals surface area contributed by atoms with Crippen molar-refractivity contribution in [1.29, 1.82) is 0 Å². The summed E-state index contributed by atoms with van der Waals surface area (Å²) in [5.74, 6) is 0.449. The van der Waals surface area contributed by atoms with Gasteiger partial charge in [0.25, 0.3) is 5.91 Å². The number of nitrogens with one attached hydrogen (secondary N) is 1. The van der Waals surface area contributed by atoms with E-state index in [-0.39, 0.29) is 11.9 Å². The van der Waals surface area contributed by atoms with E-state index in [1.165, 1.54) is 4.90 Å². The highest BCUT2D eigenvalue weighted by molar-refractivity contribution is 6.23. The van der Waals surface area contributed by atoms with Gasteiger partial charge >= 0.3 is 6.03 Å². The number of para-hydroxylation sites is 1. The number of hydrogen-bond acceptors (Lipinski definition) is 3. The van der Waals surface area contributed by atoms with Gasteiger partial charge in [0, 0.05) is 17.4 Å². The Hall–Kier alpha value is -3.28. The molecule has 27 heavy (non-hydrogen) atoms. The second kappa shape index (κ2) is 5.36. The van der Waals surface area contributed by atoms with Crippen molar-refractivity contribution in [2.75, 3.05) is 18.6 Å². The maximum atomic E-state index is 13.5. The molecule has 1 atom stereocenters. The van der Waals surface area contributed by atoms with Gasteiger partial charge in [0.1, 0.15) is 5.75 Å². The van der Waals surface area contributed by atoms with E-state index in [9.17, 15) is 9.59 Å². The molecule has 1 aromatic heterocycles. The lowest BCUT2D eigenvalue weighted by Gasteiger charge is -2.35. The first-order valence-electron chi connectivity index (χ1n) is 8.96. The van der Waals surface area contributed by atoms with Crippen LogP contribution in [0, 0.1) is 0 Å². The number of rotatable bonds is 2. The number of anilines is 1. The number of imide groups is 1. The molecule has 6 heteroatoms. The van der Waals surface area contributed by atoms with Crippen molar-refractivity contribution in [2.45, 2.75) is 18.9 Å². The lowest BCUT2D eigenvalue weighted by atomic mass is 9.87. The smallest absolute Gasteiger partial charge is 0.332 e. The Kier molecular flexibility index (Phi) is 3.16. The molecule has 2 aromatic carbocycles. The molecule has 0 spiro atoms. The van der Waals surface area contributed by atoms with Crippen LogP contribution < -0.4 is 9.64 Å². The Morgan fingerprint density at radius 3 is 2.56 bits per heavy atom. The van der Waals surface area contributed by atoms with Gasteiger partial charge in [-0.15, -0.1) is 0 Å². The molecule has 0 saturated carbocycles. The number of methoxy groups -OCH3 is 1. The second-order valence-corrected chi connectivity index (χ2v) is 7.12. The molecule has 2 aliphatic rings. The van der Waals surface area contributed by atoms with E-state index < -0.39 is 5.54 Å². The minimum absolute atomic E-state index is 0.231. The summed E-state index contributed by atoms with van der Waals surface area (Å²) in [5, 5.41) is 1.12. The Morgan fingerprint density at radius 2 is 1.81 bits per heavy atom. The molecule has 3 aromatic rings. The lowest BCUT2D eigenvalue weighted by molar-refractivity contribution is -0.125. The molecule has 1 fully saturated rings. The Bertz CT molecular complexity index is 1090. The predicted octanol–water partition coefficient (Wildman–Crippen LogP) is 3.42. The van der Waals surface area contributed by atoms with Crippen molar-refractivity contribution in [3.8, 4) is 5.75 Å². The monoisotopic (exact) mass is 361 g/mol. The van der Waals surface area contributed by atoms with E-state index in [2.05, 4.69) is 11.1 Å². The molecule has 0 aliphatic carbocycles. The fraction of sp³-hybridized carbons (Fsp3) is 0.238. The molecule has 6 nitrogen and oxygen atoms in total.